The molecule has 0 atom stereocenters. The number of thioether (sulfide) groups is 1. The number of anilines is 1. The van der Waals surface area contributed by atoms with Crippen molar-refractivity contribution in [3.8, 4) is 0 Å². The lowest BCUT2D eigenvalue weighted by Gasteiger charge is -2.39. The summed E-state index contributed by atoms with van der Waals surface area (Å²) in [6, 6.07) is 2.03. The lowest BCUT2D eigenvalue weighted by atomic mass is 9.81. The highest BCUT2D eigenvalue weighted by Gasteiger charge is 2.38. The van der Waals surface area contributed by atoms with Crippen LogP contribution in [0.3, 0.4) is 0 Å². The average Bonchev–Trinajstić information content (AvgIpc) is 3.42. The lowest BCUT2D eigenvalue weighted by molar-refractivity contribution is -0.124. The number of thiophene rings is 1. The van der Waals surface area contributed by atoms with E-state index in [4.69, 9.17) is 0 Å². The Morgan fingerprint density at radius 2 is 1.69 bits per heavy atom. The number of carboxylic acid groups (broad SMARTS) is 1. The maximum absolute atomic E-state index is 14.0. The van der Waals surface area contributed by atoms with Crippen LogP contribution in [0.5, 0.6) is 0 Å². The molecule has 2 aromatic rings. The Kier molecular flexibility index (Phi) is 8.28. The highest BCUT2D eigenvalue weighted by Crippen LogP contribution is 2.43. The molecular formula is C26H37N3O3S3. The third-order valence-electron chi connectivity index (χ3n) is 7.29. The molecule has 1 amide bonds. The minimum Gasteiger partial charge on any atom is -0.477 e. The summed E-state index contributed by atoms with van der Waals surface area (Å²) in [4.78, 5) is 29.6. The zero-order valence-electron chi connectivity index (χ0n) is 21.4. The summed E-state index contributed by atoms with van der Waals surface area (Å²) in [6.07, 6.45) is 7.66. The summed E-state index contributed by atoms with van der Waals surface area (Å²) in [5.74, 6) is -0.158. The van der Waals surface area contributed by atoms with E-state index in [1.54, 1.807) is 23.1 Å². The fourth-order valence-corrected chi connectivity index (χ4v) is 8.48. The topological polar surface area (TPSA) is 83.4 Å². The van der Waals surface area contributed by atoms with Crippen LogP contribution < -0.4 is 4.90 Å². The van der Waals surface area contributed by atoms with Gasteiger partial charge in [0.15, 0.2) is 4.34 Å². The normalized spacial score (nSPS) is 25.4. The molecule has 2 saturated carbocycles. The van der Waals surface area contributed by atoms with E-state index < -0.39 is 5.97 Å². The summed E-state index contributed by atoms with van der Waals surface area (Å²) in [5, 5.41) is 19.9. The van der Waals surface area contributed by atoms with Crippen LogP contribution in [-0.4, -0.2) is 38.5 Å². The van der Waals surface area contributed by atoms with Crippen LogP contribution in [0.4, 0.5) is 5.69 Å². The van der Waals surface area contributed by atoms with E-state index in [-0.39, 0.29) is 23.3 Å². The smallest absolute Gasteiger partial charge is 0.348 e. The SMILES string of the molecule is Cc1nnc(S[C@H]2CC[C@H](N(c3cc(C(C)(C)C)sc3C(=O)O)C(=O)[C@H]3CC[C@H](C)CC3)CC2)s1. The number of carbonyl (C=O) groups is 2. The van der Waals surface area contributed by atoms with Gasteiger partial charge in [0.1, 0.15) is 9.88 Å². The van der Waals surface area contributed by atoms with Crippen LogP contribution >= 0.6 is 34.4 Å². The Bertz CT molecular complexity index is 1040. The molecule has 2 aliphatic carbocycles. The van der Waals surface area contributed by atoms with Gasteiger partial charge in [-0.25, -0.2) is 4.79 Å². The quantitative estimate of drug-likeness (QED) is 0.422. The molecule has 2 aromatic heterocycles. The number of hydrogen-bond acceptors (Lipinski definition) is 7. The summed E-state index contributed by atoms with van der Waals surface area (Å²) in [7, 11) is 0. The van der Waals surface area contributed by atoms with Crippen LogP contribution in [0.2, 0.25) is 0 Å². The minimum absolute atomic E-state index is 0.0118. The van der Waals surface area contributed by atoms with Gasteiger partial charge in [-0.2, -0.15) is 0 Å². The molecule has 0 aliphatic heterocycles. The molecule has 6 nitrogen and oxygen atoms in total. The van der Waals surface area contributed by atoms with Crippen LogP contribution in [0, 0.1) is 18.8 Å². The predicted molar refractivity (Wildman–Crippen MR) is 145 cm³/mol. The summed E-state index contributed by atoms with van der Waals surface area (Å²) < 4.78 is 1.01. The first kappa shape index (κ1) is 26.6. The molecule has 1 N–H and O–H groups in total. The molecule has 0 radical (unpaired) electrons. The molecule has 2 aliphatic rings. The Labute approximate surface area is 220 Å². The predicted octanol–water partition coefficient (Wildman–Crippen LogP) is 7.17. The molecule has 192 valence electrons. The molecule has 35 heavy (non-hydrogen) atoms. The molecule has 0 bridgehead atoms. The van der Waals surface area contributed by atoms with E-state index in [1.807, 2.05) is 17.9 Å². The second kappa shape index (κ2) is 10.9. The van der Waals surface area contributed by atoms with Gasteiger partial charge in [-0.15, -0.1) is 21.5 Å². The second-order valence-corrected chi connectivity index (χ2v) is 15.0. The van der Waals surface area contributed by atoms with Crippen molar-refractivity contribution in [1.82, 2.24) is 10.2 Å². The third-order valence-corrected chi connectivity index (χ3v) is 11.1. The zero-order valence-corrected chi connectivity index (χ0v) is 23.8. The number of aromatic nitrogens is 2. The Balaban J connectivity index is 1.60. The molecule has 2 heterocycles. The van der Waals surface area contributed by atoms with Gasteiger partial charge in [0.05, 0.1) is 5.69 Å². The molecule has 0 spiro atoms. The fraction of sp³-hybridized carbons (Fsp3) is 0.692. The third kappa shape index (κ3) is 6.28. The van der Waals surface area contributed by atoms with E-state index in [9.17, 15) is 14.7 Å². The van der Waals surface area contributed by atoms with Gasteiger partial charge in [-0.3, -0.25) is 4.79 Å². The van der Waals surface area contributed by atoms with Crippen molar-refractivity contribution in [2.75, 3.05) is 4.90 Å². The molecule has 9 heteroatoms. The maximum atomic E-state index is 14.0. The van der Waals surface area contributed by atoms with Gasteiger partial charge < -0.3 is 10.0 Å². The van der Waals surface area contributed by atoms with Crippen LogP contribution in [0.1, 0.15) is 98.6 Å². The first-order chi connectivity index (χ1) is 16.5. The van der Waals surface area contributed by atoms with Crippen molar-refractivity contribution in [3.05, 3.63) is 20.8 Å². The Hall–Kier alpha value is -1.45. The molecule has 0 unspecified atom stereocenters. The minimum atomic E-state index is -0.938. The van der Waals surface area contributed by atoms with Crippen molar-refractivity contribution >= 4 is 52.0 Å². The number of carbonyl (C=O) groups excluding carboxylic acids is 1. The average molecular weight is 536 g/mol. The molecular weight excluding hydrogens is 499 g/mol. The van der Waals surface area contributed by atoms with Gasteiger partial charge in [-0.05, 0) is 75.7 Å². The van der Waals surface area contributed by atoms with Gasteiger partial charge >= 0.3 is 5.97 Å². The van der Waals surface area contributed by atoms with E-state index >= 15 is 0 Å². The molecule has 0 aromatic carbocycles. The van der Waals surface area contributed by atoms with Gasteiger partial charge in [0, 0.05) is 22.1 Å². The number of amides is 1. The molecule has 4 rings (SSSR count). The number of nitrogens with zero attached hydrogens (tertiary/aromatic N) is 3. The van der Waals surface area contributed by atoms with Crippen molar-refractivity contribution in [2.24, 2.45) is 11.8 Å². The number of carboxylic acids is 1. The fourth-order valence-electron chi connectivity index (χ4n) is 5.17. The Morgan fingerprint density at radius 3 is 2.23 bits per heavy atom. The second-order valence-electron chi connectivity index (χ2n) is 11.2. The number of aromatic carboxylic acids is 1. The van der Waals surface area contributed by atoms with Crippen molar-refractivity contribution in [1.29, 1.82) is 0 Å². The highest BCUT2D eigenvalue weighted by molar-refractivity contribution is 8.01. The summed E-state index contributed by atoms with van der Waals surface area (Å²) >= 11 is 4.75. The van der Waals surface area contributed by atoms with E-state index in [0.717, 1.165) is 65.6 Å². The van der Waals surface area contributed by atoms with Gasteiger partial charge in [0.2, 0.25) is 5.91 Å². The largest absolute Gasteiger partial charge is 0.477 e. The van der Waals surface area contributed by atoms with E-state index in [0.29, 0.717) is 21.7 Å². The first-order valence-electron chi connectivity index (χ1n) is 12.7. The standard InChI is InChI=1S/C26H37N3O3S3/c1-15-6-8-17(9-7-15)23(30)29(20-14-21(26(3,4)5)35-22(20)24(31)32)18-10-12-19(13-11-18)34-25-28-27-16(2)33-25/h14-15,17-19H,6-13H2,1-5H3,(H,31,32)/t15-,17-,18-,19-. The molecule has 0 saturated heterocycles. The monoisotopic (exact) mass is 535 g/mol. The van der Waals surface area contributed by atoms with Crippen LogP contribution in [0.25, 0.3) is 0 Å². The zero-order chi connectivity index (χ0) is 25.3. The summed E-state index contributed by atoms with van der Waals surface area (Å²) in [6.45, 7) is 10.5. The van der Waals surface area contributed by atoms with E-state index in [1.165, 1.54) is 11.3 Å². The summed E-state index contributed by atoms with van der Waals surface area (Å²) in [5.41, 5.74) is 0.447. The first-order valence-corrected chi connectivity index (χ1v) is 15.2. The van der Waals surface area contributed by atoms with Crippen LogP contribution in [-0.2, 0) is 10.2 Å². The maximum Gasteiger partial charge on any atom is 0.348 e. The van der Waals surface area contributed by atoms with Crippen molar-refractivity contribution in [2.45, 2.75) is 107 Å². The lowest BCUT2D eigenvalue weighted by Crippen LogP contribution is -2.46. The van der Waals surface area contributed by atoms with Crippen molar-refractivity contribution in [3.63, 3.8) is 0 Å². The van der Waals surface area contributed by atoms with Crippen molar-refractivity contribution < 1.29 is 14.7 Å². The number of rotatable bonds is 6. The molecule has 2 fully saturated rings. The number of aryl methyl sites for hydroxylation is 1. The van der Waals surface area contributed by atoms with Crippen LogP contribution in [0.15, 0.2) is 10.4 Å². The highest BCUT2D eigenvalue weighted by atomic mass is 32.2. The van der Waals surface area contributed by atoms with Gasteiger partial charge in [0.25, 0.3) is 0 Å². The van der Waals surface area contributed by atoms with E-state index in [2.05, 4.69) is 37.9 Å². The number of hydrogen-bond donors (Lipinski definition) is 1. The van der Waals surface area contributed by atoms with Gasteiger partial charge in [-0.1, -0.05) is 50.8 Å². The Morgan fingerprint density at radius 1 is 1.03 bits per heavy atom.